The van der Waals surface area contributed by atoms with Crippen LogP contribution in [0.1, 0.15) is 37.6 Å². The molecule has 2 aromatic carbocycles. The zero-order valence-electron chi connectivity index (χ0n) is 15.2. The molecule has 5 nitrogen and oxygen atoms in total. The number of ether oxygens (including phenoxy) is 1. The van der Waals surface area contributed by atoms with Crippen molar-refractivity contribution in [1.29, 1.82) is 5.26 Å². The molecule has 0 aliphatic carbocycles. The van der Waals surface area contributed by atoms with E-state index < -0.39 is 0 Å². The minimum Gasteiger partial charge on any atom is -0.494 e. The maximum absolute atomic E-state index is 12.2. The minimum atomic E-state index is -0.257. The van der Waals surface area contributed by atoms with Crippen molar-refractivity contribution in [1.82, 2.24) is 9.97 Å². The molecule has 1 aromatic heterocycles. The molecule has 0 fully saturated rings. The standard InChI is InChI=1S/C22H21N3O2/c1-2-3-6-13-27-18-11-9-16(10-12-18)14-17(15-23)21-24-20-8-5-4-7-19(20)22(26)25-21/h4-5,7-12,14H,2-3,6,13H2,1H3,(H,24,25,26). The Hall–Kier alpha value is -3.39. The van der Waals surface area contributed by atoms with Crippen LogP contribution in [-0.2, 0) is 0 Å². The van der Waals surface area contributed by atoms with Gasteiger partial charge in [0.15, 0.2) is 5.82 Å². The highest BCUT2D eigenvalue weighted by Crippen LogP contribution is 2.18. The van der Waals surface area contributed by atoms with Gasteiger partial charge < -0.3 is 9.72 Å². The molecule has 0 unspecified atom stereocenters. The fourth-order valence-corrected chi connectivity index (χ4v) is 2.74. The topological polar surface area (TPSA) is 78.8 Å². The third-order valence-corrected chi connectivity index (χ3v) is 4.20. The number of hydrogen-bond acceptors (Lipinski definition) is 4. The summed E-state index contributed by atoms with van der Waals surface area (Å²) in [6.45, 7) is 2.86. The van der Waals surface area contributed by atoms with E-state index in [1.807, 2.05) is 30.3 Å². The van der Waals surface area contributed by atoms with E-state index >= 15 is 0 Å². The Morgan fingerprint density at radius 3 is 2.70 bits per heavy atom. The second kappa shape index (κ2) is 8.81. The number of aromatic amines is 1. The van der Waals surface area contributed by atoms with E-state index in [0.29, 0.717) is 23.1 Å². The first kappa shape index (κ1) is 18.4. The van der Waals surface area contributed by atoms with Gasteiger partial charge in [-0.15, -0.1) is 0 Å². The van der Waals surface area contributed by atoms with Crippen LogP contribution in [0.15, 0.2) is 53.3 Å². The van der Waals surface area contributed by atoms with Gasteiger partial charge in [-0.2, -0.15) is 5.26 Å². The van der Waals surface area contributed by atoms with Crippen molar-refractivity contribution in [3.8, 4) is 11.8 Å². The molecule has 0 amide bonds. The van der Waals surface area contributed by atoms with Gasteiger partial charge in [0.1, 0.15) is 11.8 Å². The molecule has 1 heterocycles. The molecular formula is C22H21N3O2. The molecule has 5 heteroatoms. The van der Waals surface area contributed by atoms with Gasteiger partial charge in [-0.25, -0.2) is 4.98 Å². The molecule has 0 bridgehead atoms. The van der Waals surface area contributed by atoms with Crippen LogP contribution in [0, 0.1) is 11.3 Å². The molecule has 0 saturated carbocycles. The summed E-state index contributed by atoms with van der Waals surface area (Å²) in [5.74, 6) is 1.07. The van der Waals surface area contributed by atoms with Gasteiger partial charge in [0.2, 0.25) is 0 Å². The Morgan fingerprint density at radius 2 is 1.96 bits per heavy atom. The number of benzene rings is 2. The molecule has 27 heavy (non-hydrogen) atoms. The highest BCUT2D eigenvalue weighted by Gasteiger charge is 2.08. The average molecular weight is 359 g/mol. The SMILES string of the molecule is CCCCCOc1ccc(C=C(C#N)c2nc3ccccc3c(=O)[nH]2)cc1. The van der Waals surface area contributed by atoms with Crippen LogP contribution in [0.2, 0.25) is 0 Å². The lowest BCUT2D eigenvalue weighted by Gasteiger charge is -2.06. The van der Waals surface area contributed by atoms with Gasteiger partial charge >= 0.3 is 0 Å². The van der Waals surface area contributed by atoms with Crippen LogP contribution >= 0.6 is 0 Å². The van der Waals surface area contributed by atoms with Crippen LogP contribution in [0.3, 0.4) is 0 Å². The van der Waals surface area contributed by atoms with Crippen molar-refractivity contribution < 1.29 is 4.74 Å². The highest BCUT2D eigenvalue weighted by atomic mass is 16.5. The van der Waals surface area contributed by atoms with E-state index in [1.165, 1.54) is 0 Å². The summed E-state index contributed by atoms with van der Waals surface area (Å²) in [6, 6.07) is 16.7. The summed E-state index contributed by atoms with van der Waals surface area (Å²) in [5.41, 5.74) is 1.44. The first-order valence-corrected chi connectivity index (χ1v) is 9.05. The molecule has 0 radical (unpaired) electrons. The molecular weight excluding hydrogens is 338 g/mol. The van der Waals surface area contributed by atoms with Crippen molar-refractivity contribution in [2.45, 2.75) is 26.2 Å². The lowest BCUT2D eigenvalue weighted by Crippen LogP contribution is -2.11. The highest BCUT2D eigenvalue weighted by molar-refractivity contribution is 5.89. The number of para-hydroxylation sites is 1. The zero-order valence-corrected chi connectivity index (χ0v) is 15.2. The summed E-state index contributed by atoms with van der Waals surface area (Å²) in [5, 5.41) is 10.0. The first-order valence-electron chi connectivity index (χ1n) is 9.05. The van der Waals surface area contributed by atoms with E-state index in [4.69, 9.17) is 4.74 Å². The number of nitrogens with one attached hydrogen (secondary N) is 1. The van der Waals surface area contributed by atoms with Crippen LogP contribution in [0.5, 0.6) is 5.75 Å². The van der Waals surface area contributed by atoms with Crippen LogP contribution in [-0.4, -0.2) is 16.6 Å². The molecule has 0 atom stereocenters. The number of H-pyrrole nitrogens is 1. The maximum Gasteiger partial charge on any atom is 0.259 e. The lowest BCUT2D eigenvalue weighted by atomic mass is 10.1. The fourth-order valence-electron chi connectivity index (χ4n) is 2.74. The van der Waals surface area contributed by atoms with Gasteiger partial charge in [0, 0.05) is 0 Å². The minimum absolute atomic E-state index is 0.257. The molecule has 3 aromatic rings. The molecule has 136 valence electrons. The number of allylic oxidation sites excluding steroid dienone is 1. The quantitative estimate of drug-likeness (QED) is 0.495. The Kier molecular flexibility index (Phi) is 6.01. The van der Waals surface area contributed by atoms with Crippen molar-refractivity contribution in [3.63, 3.8) is 0 Å². The van der Waals surface area contributed by atoms with E-state index in [1.54, 1.807) is 24.3 Å². The lowest BCUT2D eigenvalue weighted by molar-refractivity contribution is 0.306. The second-order valence-electron chi connectivity index (χ2n) is 6.23. The van der Waals surface area contributed by atoms with Gasteiger partial charge in [0.05, 0.1) is 23.1 Å². The number of fused-ring (bicyclic) bond motifs is 1. The normalized spacial score (nSPS) is 11.3. The molecule has 3 rings (SSSR count). The maximum atomic E-state index is 12.2. The molecule has 0 aliphatic heterocycles. The Balaban J connectivity index is 1.82. The Bertz CT molecular complexity index is 1040. The van der Waals surface area contributed by atoms with Crippen LogP contribution in [0.25, 0.3) is 22.6 Å². The van der Waals surface area contributed by atoms with E-state index in [0.717, 1.165) is 30.6 Å². The summed E-state index contributed by atoms with van der Waals surface area (Å²) in [7, 11) is 0. The van der Waals surface area contributed by atoms with E-state index in [9.17, 15) is 10.1 Å². The van der Waals surface area contributed by atoms with Gasteiger partial charge in [-0.3, -0.25) is 4.79 Å². The van der Waals surface area contributed by atoms with E-state index in [2.05, 4.69) is 23.0 Å². The Labute approximate surface area is 158 Å². The molecule has 0 aliphatic rings. The molecule has 0 spiro atoms. The number of hydrogen-bond donors (Lipinski definition) is 1. The zero-order chi connectivity index (χ0) is 19.1. The largest absolute Gasteiger partial charge is 0.494 e. The van der Waals surface area contributed by atoms with Crippen molar-refractivity contribution in [2.75, 3.05) is 6.61 Å². The van der Waals surface area contributed by atoms with E-state index in [-0.39, 0.29) is 11.4 Å². The van der Waals surface area contributed by atoms with Crippen LogP contribution in [0.4, 0.5) is 0 Å². The smallest absolute Gasteiger partial charge is 0.259 e. The molecule has 1 N–H and O–H groups in total. The number of aromatic nitrogens is 2. The fraction of sp³-hybridized carbons (Fsp3) is 0.227. The van der Waals surface area contributed by atoms with Crippen molar-refractivity contribution in [3.05, 3.63) is 70.3 Å². The van der Waals surface area contributed by atoms with Crippen molar-refractivity contribution in [2.24, 2.45) is 0 Å². The average Bonchev–Trinajstić information content (AvgIpc) is 2.70. The van der Waals surface area contributed by atoms with Crippen molar-refractivity contribution >= 4 is 22.6 Å². The predicted molar refractivity (Wildman–Crippen MR) is 107 cm³/mol. The van der Waals surface area contributed by atoms with Crippen LogP contribution < -0.4 is 10.3 Å². The number of rotatable bonds is 7. The number of unbranched alkanes of at least 4 members (excludes halogenated alkanes) is 2. The number of nitriles is 1. The summed E-state index contributed by atoms with van der Waals surface area (Å²) < 4.78 is 5.70. The second-order valence-corrected chi connectivity index (χ2v) is 6.23. The summed E-state index contributed by atoms with van der Waals surface area (Å²) in [4.78, 5) is 19.3. The predicted octanol–water partition coefficient (Wildman–Crippen LogP) is 4.56. The first-order chi connectivity index (χ1) is 13.2. The van der Waals surface area contributed by atoms with Gasteiger partial charge in [0.25, 0.3) is 5.56 Å². The third-order valence-electron chi connectivity index (χ3n) is 4.20. The number of nitrogens with zero attached hydrogens (tertiary/aromatic N) is 2. The Morgan fingerprint density at radius 1 is 1.19 bits per heavy atom. The van der Waals surface area contributed by atoms with Gasteiger partial charge in [-0.05, 0) is 42.3 Å². The monoisotopic (exact) mass is 359 g/mol. The summed E-state index contributed by atoms with van der Waals surface area (Å²) >= 11 is 0. The third kappa shape index (κ3) is 4.62. The molecule has 0 saturated heterocycles. The summed E-state index contributed by atoms with van der Waals surface area (Å²) in [6.07, 6.45) is 5.06. The van der Waals surface area contributed by atoms with Gasteiger partial charge in [-0.1, -0.05) is 44.0 Å².